The molecular formula is C17H24ClN3O3. The van der Waals surface area contributed by atoms with Gasteiger partial charge < -0.3 is 20.3 Å². The van der Waals surface area contributed by atoms with E-state index in [2.05, 4.69) is 10.6 Å². The summed E-state index contributed by atoms with van der Waals surface area (Å²) < 4.78 is 5.36. The van der Waals surface area contributed by atoms with Crippen LogP contribution in [0.5, 0.6) is 5.75 Å². The number of methoxy groups -OCH3 is 1. The largest absolute Gasteiger partial charge is 0.495 e. The Labute approximate surface area is 148 Å². The Bertz CT molecular complexity index is 619. The van der Waals surface area contributed by atoms with Crippen molar-refractivity contribution in [2.75, 3.05) is 38.2 Å². The third-order valence-corrected chi connectivity index (χ3v) is 4.55. The molecule has 2 fully saturated rings. The first kappa shape index (κ1) is 18.5. The van der Waals surface area contributed by atoms with Gasteiger partial charge in [0.2, 0.25) is 11.8 Å². The van der Waals surface area contributed by atoms with Gasteiger partial charge in [0.1, 0.15) is 5.75 Å². The molecule has 0 bridgehead atoms. The van der Waals surface area contributed by atoms with Gasteiger partial charge in [-0.2, -0.15) is 0 Å². The molecule has 3 rings (SSSR count). The standard InChI is InChI=1S/C17H23N3O3.ClH/c1-11-3-4-15(23-2)14(5-11)20-10-13(6-16(20)21)17(22)19-9-12-7-18-8-12;/h3-5,12-13,18H,6-10H2,1-2H3,(H,19,22);1H. The first-order chi connectivity index (χ1) is 11.1. The number of aryl methyl sites for hydroxylation is 1. The first-order valence-electron chi connectivity index (χ1n) is 8.02. The van der Waals surface area contributed by atoms with Crippen molar-refractivity contribution in [3.05, 3.63) is 23.8 Å². The molecule has 6 nitrogen and oxygen atoms in total. The molecule has 1 aromatic rings. The van der Waals surface area contributed by atoms with Gasteiger partial charge in [-0.3, -0.25) is 9.59 Å². The van der Waals surface area contributed by atoms with Crippen molar-refractivity contribution in [1.29, 1.82) is 0 Å². The highest BCUT2D eigenvalue weighted by atomic mass is 35.5. The Morgan fingerprint density at radius 3 is 2.79 bits per heavy atom. The smallest absolute Gasteiger partial charge is 0.227 e. The number of hydrogen-bond donors (Lipinski definition) is 2. The Balaban J connectivity index is 0.00000208. The van der Waals surface area contributed by atoms with E-state index in [-0.39, 0.29) is 36.6 Å². The van der Waals surface area contributed by atoms with E-state index in [1.54, 1.807) is 12.0 Å². The quantitative estimate of drug-likeness (QED) is 0.832. The van der Waals surface area contributed by atoms with Crippen molar-refractivity contribution >= 4 is 29.9 Å². The minimum atomic E-state index is -0.291. The van der Waals surface area contributed by atoms with Crippen molar-refractivity contribution in [2.45, 2.75) is 13.3 Å². The highest BCUT2D eigenvalue weighted by Crippen LogP contribution is 2.33. The molecule has 132 valence electrons. The summed E-state index contributed by atoms with van der Waals surface area (Å²) in [4.78, 5) is 26.3. The molecule has 24 heavy (non-hydrogen) atoms. The first-order valence-corrected chi connectivity index (χ1v) is 8.02. The molecule has 2 N–H and O–H groups in total. The molecule has 2 aliphatic heterocycles. The number of nitrogens with zero attached hydrogens (tertiary/aromatic N) is 1. The summed E-state index contributed by atoms with van der Waals surface area (Å²) in [5, 5.41) is 6.15. The van der Waals surface area contributed by atoms with Crippen LogP contribution in [0.4, 0.5) is 5.69 Å². The van der Waals surface area contributed by atoms with Crippen LogP contribution in [0.2, 0.25) is 0 Å². The molecule has 1 unspecified atom stereocenters. The topological polar surface area (TPSA) is 70.7 Å². The van der Waals surface area contributed by atoms with Gasteiger partial charge in [-0.15, -0.1) is 12.4 Å². The van der Waals surface area contributed by atoms with E-state index >= 15 is 0 Å². The molecule has 0 radical (unpaired) electrons. The summed E-state index contributed by atoms with van der Waals surface area (Å²) in [6.07, 6.45) is 0.256. The second-order valence-electron chi connectivity index (χ2n) is 6.35. The molecule has 2 heterocycles. The van der Waals surface area contributed by atoms with Gasteiger partial charge >= 0.3 is 0 Å². The van der Waals surface area contributed by atoms with E-state index in [1.165, 1.54) is 0 Å². The van der Waals surface area contributed by atoms with Crippen LogP contribution < -0.4 is 20.3 Å². The van der Waals surface area contributed by atoms with E-state index in [0.29, 0.717) is 24.8 Å². The van der Waals surface area contributed by atoms with Gasteiger partial charge in [-0.05, 0) is 24.6 Å². The maximum absolute atomic E-state index is 12.4. The van der Waals surface area contributed by atoms with Gasteiger partial charge in [0.15, 0.2) is 0 Å². The molecule has 2 aliphatic rings. The van der Waals surface area contributed by atoms with E-state index in [0.717, 1.165) is 24.3 Å². The fourth-order valence-electron chi connectivity index (χ4n) is 3.01. The molecule has 1 aromatic carbocycles. The zero-order valence-electron chi connectivity index (χ0n) is 14.0. The predicted octanol–water partition coefficient (Wildman–Crippen LogP) is 1.11. The van der Waals surface area contributed by atoms with Gasteiger partial charge in [-0.1, -0.05) is 6.07 Å². The van der Waals surface area contributed by atoms with Crippen molar-refractivity contribution in [1.82, 2.24) is 10.6 Å². The van der Waals surface area contributed by atoms with Crippen LogP contribution in [0, 0.1) is 18.8 Å². The van der Waals surface area contributed by atoms with Crippen LogP contribution in [0.15, 0.2) is 18.2 Å². The van der Waals surface area contributed by atoms with Gasteiger partial charge in [0.05, 0.1) is 18.7 Å². The summed E-state index contributed by atoms with van der Waals surface area (Å²) >= 11 is 0. The summed E-state index contributed by atoms with van der Waals surface area (Å²) in [7, 11) is 1.59. The van der Waals surface area contributed by atoms with Gasteiger partial charge in [0, 0.05) is 38.5 Å². The highest BCUT2D eigenvalue weighted by Gasteiger charge is 2.36. The van der Waals surface area contributed by atoms with Crippen LogP contribution in [-0.2, 0) is 9.59 Å². The fraction of sp³-hybridized carbons (Fsp3) is 0.529. The van der Waals surface area contributed by atoms with Crippen molar-refractivity contribution < 1.29 is 14.3 Å². The lowest BCUT2D eigenvalue weighted by Gasteiger charge is -2.27. The second-order valence-corrected chi connectivity index (χ2v) is 6.35. The Morgan fingerprint density at radius 1 is 1.42 bits per heavy atom. The summed E-state index contributed by atoms with van der Waals surface area (Å²) in [5.74, 6) is 0.828. The number of benzene rings is 1. The number of hydrogen-bond acceptors (Lipinski definition) is 4. The molecule has 1 atom stereocenters. The number of amides is 2. The van der Waals surface area contributed by atoms with Gasteiger partial charge in [-0.25, -0.2) is 0 Å². The molecule has 2 amide bonds. The van der Waals surface area contributed by atoms with Crippen molar-refractivity contribution in [2.24, 2.45) is 11.8 Å². The zero-order chi connectivity index (χ0) is 16.4. The number of carbonyl (C=O) groups is 2. The third-order valence-electron chi connectivity index (χ3n) is 4.55. The average Bonchev–Trinajstić information content (AvgIpc) is 2.87. The SMILES string of the molecule is COc1ccc(C)cc1N1CC(C(=O)NCC2CNC2)CC1=O.Cl. The predicted molar refractivity (Wildman–Crippen MR) is 94.8 cm³/mol. The lowest BCUT2D eigenvalue weighted by atomic mass is 10.0. The lowest BCUT2D eigenvalue weighted by molar-refractivity contribution is -0.126. The number of halogens is 1. The maximum Gasteiger partial charge on any atom is 0.227 e. The Kier molecular flexibility index (Phi) is 6.07. The monoisotopic (exact) mass is 353 g/mol. The number of carbonyl (C=O) groups excluding carboxylic acids is 2. The van der Waals surface area contributed by atoms with E-state index in [9.17, 15) is 9.59 Å². The number of ether oxygens (including phenoxy) is 1. The zero-order valence-corrected chi connectivity index (χ0v) is 14.8. The average molecular weight is 354 g/mol. The Hall–Kier alpha value is -1.79. The van der Waals surface area contributed by atoms with E-state index < -0.39 is 0 Å². The minimum absolute atomic E-state index is 0. The second kappa shape index (κ2) is 7.85. The fourth-order valence-corrected chi connectivity index (χ4v) is 3.01. The highest BCUT2D eigenvalue weighted by molar-refractivity contribution is 6.01. The molecule has 7 heteroatoms. The number of rotatable bonds is 5. The molecule has 0 aliphatic carbocycles. The van der Waals surface area contributed by atoms with Crippen LogP contribution in [0.25, 0.3) is 0 Å². The third kappa shape index (κ3) is 3.82. The summed E-state index contributed by atoms with van der Waals surface area (Å²) in [6, 6.07) is 5.73. The molecule has 0 saturated carbocycles. The molecule has 2 saturated heterocycles. The number of anilines is 1. The van der Waals surface area contributed by atoms with Gasteiger partial charge in [0.25, 0.3) is 0 Å². The van der Waals surface area contributed by atoms with Crippen LogP contribution in [0.1, 0.15) is 12.0 Å². The molecular weight excluding hydrogens is 330 g/mol. The van der Waals surface area contributed by atoms with Crippen LogP contribution >= 0.6 is 12.4 Å². The van der Waals surface area contributed by atoms with Crippen LogP contribution in [-0.4, -0.2) is 45.1 Å². The molecule has 0 spiro atoms. The number of nitrogens with one attached hydrogen (secondary N) is 2. The lowest BCUT2D eigenvalue weighted by Crippen LogP contribution is -2.49. The van der Waals surface area contributed by atoms with Crippen LogP contribution in [0.3, 0.4) is 0 Å². The normalized spacial score (nSPS) is 20.3. The minimum Gasteiger partial charge on any atom is -0.495 e. The Morgan fingerprint density at radius 2 is 2.17 bits per heavy atom. The maximum atomic E-state index is 12.4. The van der Waals surface area contributed by atoms with Crippen molar-refractivity contribution in [3.63, 3.8) is 0 Å². The van der Waals surface area contributed by atoms with E-state index in [1.807, 2.05) is 25.1 Å². The summed E-state index contributed by atoms with van der Waals surface area (Å²) in [5.41, 5.74) is 1.80. The molecule has 0 aromatic heterocycles. The summed E-state index contributed by atoms with van der Waals surface area (Å²) in [6.45, 7) is 4.98. The van der Waals surface area contributed by atoms with E-state index in [4.69, 9.17) is 4.74 Å². The van der Waals surface area contributed by atoms with Crippen molar-refractivity contribution in [3.8, 4) is 5.75 Å².